The molecule has 0 fully saturated rings. The number of alkyl halides is 3. The molecule has 15 heavy (non-hydrogen) atoms. The van der Waals surface area contributed by atoms with E-state index in [0.717, 1.165) is 0 Å². The average molecular weight is 279 g/mol. The number of hydroxylamine groups is 1. The monoisotopic (exact) mass is 277 g/mol. The Bertz CT molecular complexity index is 229. The summed E-state index contributed by atoms with van der Waals surface area (Å²) in [5.74, 6) is -0.566. The Hall–Kier alpha value is -0.390. The van der Waals surface area contributed by atoms with E-state index in [1.165, 1.54) is 0 Å². The lowest BCUT2D eigenvalue weighted by molar-refractivity contribution is -0.149. The molecule has 0 bridgehead atoms. The molecule has 0 unspecified atom stereocenters. The van der Waals surface area contributed by atoms with E-state index in [1.807, 2.05) is 0 Å². The van der Waals surface area contributed by atoms with Gasteiger partial charge in [0.2, 0.25) is 3.79 Å². The quantitative estimate of drug-likeness (QED) is 0.636. The molecule has 0 aliphatic carbocycles. The van der Waals surface area contributed by atoms with E-state index in [1.54, 1.807) is 12.4 Å². The van der Waals surface area contributed by atoms with Gasteiger partial charge in [0.1, 0.15) is 6.61 Å². The molecule has 8 heteroatoms. The van der Waals surface area contributed by atoms with Crippen molar-refractivity contribution in [2.45, 2.75) is 23.6 Å². The van der Waals surface area contributed by atoms with Crippen LogP contribution in [0.5, 0.6) is 0 Å². The normalized spacial score (nSPS) is 10.7. The molecule has 0 spiro atoms. The summed E-state index contributed by atoms with van der Waals surface area (Å²) in [6.45, 7) is 1.36. The highest BCUT2D eigenvalue weighted by Crippen LogP contribution is 2.25. The Morgan fingerprint density at radius 3 is 2.40 bits per heavy atom. The molecule has 1 amide bonds. The fourth-order valence-corrected chi connectivity index (χ4v) is 0.694. The van der Waals surface area contributed by atoms with Crippen LogP contribution in [0.3, 0.4) is 0 Å². The molecule has 0 radical (unpaired) electrons. The molecule has 1 N–H and O–H groups in total. The summed E-state index contributed by atoms with van der Waals surface area (Å²) in [7, 11) is 0. The van der Waals surface area contributed by atoms with Gasteiger partial charge in [-0.25, -0.2) is 9.59 Å². The first-order valence-electron chi connectivity index (χ1n) is 4.04. The van der Waals surface area contributed by atoms with Crippen LogP contribution in [-0.4, -0.2) is 22.5 Å². The van der Waals surface area contributed by atoms with Crippen molar-refractivity contribution in [2.75, 3.05) is 6.61 Å². The number of halogens is 3. The molecule has 0 aromatic rings. The Labute approximate surface area is 102 Å². The second-order valence-corrected chi connectivity index (χ2v) is 5.03. The van der Waals surface area contributed by atoms with Crippen molar-refractivity contribution < 1.29 is 19.2 Å². The molecule has 0 saturated heterocycles. The van der Waals surface area contributed by atoms with Crippen molar-refractivity contribution in [1.82, 2.24) is 5.48 Å². The van der Waals surface area contributed by atoms with Gasteiger partial charge >= 0.3 is 12.1 Å². The van der Waals surface area contributed by atoms with Gasteiger partial charge in [0.25, 0.3) is 0 Å². The summed E-state index contributed by atoms with van der Waals surface area (Å²) < 4.78 is 2.72. The first-order chi connectivity index (χ1) is 6.85. The van der Waals surface area contributed by atoms with E-state index in [0.29, 0.717) is 6.42 Å². The molecular formula is C7H10Cl3NO4. The van der Waals surface area contributed by atoms with Gasteiger partial charge in [0.15, 0.2) is 0 Å². The zero-order valence-corrected chi connectivity index (χ0v) is 10.2. The van der Waals surface area contributed by atoms with E-state index in [4.69, 9.17) is 34.8 Å². The van der Waals surface area contributed by atoms with E-state index in [9.17, 15) is 9.59 Å². The van der Waals surface area contributed by atoms with E-state index >= 15 is 0 Å². The highest BCUT2D eigenvalue weighted by atomic mass is 35.6. The van der Waals surface area contributed by atoms with Crippen LogP contribution in [0.1, 0.15) is 19.8 Å². The third kappa shape index (κ3) is 9.90. The fraction of sp³-hybridized carbons (Fsp3) is 0.714. The molecule has 0 aliphatic heterocycles. The first kappa shape index (κ1) is 14.6. The van der Waals surface area contributed by atoms with Gasteiger partial charge in [0, 0.05) is 6.42 Å². The molecule has 0 aromatic carbocycles. The lowest BCUT2D eigenvalue weighted by Crippen LogP contribution is -2.30. The number of rotatable bonds is 3. The largest absolute Gasteiger partial charge is 0.443 e. The maximum absolute atomic E-state index is 10.8. The van der Waals surface area contributed by atoms with Gasteiger partial charge in [-0.15, -0.1) is 5.48 Å². The van der Waals surface area contributed by atoms with Gasteiger partial charge < -0.3 is 9.57 Å². The average Bonchev–Trinajstić information content (AvgIpc) is 2.11. The van der Waals surface area contributed by atoms with Gasteiger partial charge in [0.05, 0.1) is 0 Å². The van der Waals surface area contributed by atoms with Crippen molar-refractivity contribution in [1.29, 1.82) is 0 Å². The molecule has 5 nitrogen and oxygen atoms in total. The van der Waals surface area contributed by atoms with Crippen molar-refractivity contribution in [3.05, 3.63) is 0 Å². The van der Waals surface area contributed by atoms with Crippen LogP contribution in [0.2, 0.25) is 0 Å². The predicted octanol–water partition coefficient (Wildman–Crippen LogP) is 2.34. The molecule has 88 valence electrons. The van der Waals surface area contributed by atoms with Crippen LogP contribution in [0, 0.1) is 0 Å². The molecule has 0 aliphatic rings. The number of hydrogen-bond acceptors (Lipinski definition) is 4. The van der Waals surface area contributed by atoms with Crippen LogP contribution in [0.4, 0.5) is 4.79 Å². The second kappa shape index (κ2) is 6.98. The van der Waals surface area contributed by atoms with E-state index in [-0.39, 0.29) is 6.42 Å². The Morgan fingerprint density at radius 2 is 1.93 bits per heavy atom. The van der Waals surface area contributed by atoms with Crippen molar-refractivity contribution in [2.24, 2.45) is 0 Å². The Morgan fingerprint density at radius 1 is 1.33 bits per heavy atom. The van der Waals surface area contributed by atoms with Crippen LogP contribution in [-0.2, 0) is 14.4 Å². The number of ether oxygens (including phenoxy) is 1. The topological polar surface area (TPSA) is 64.6 Å². The lowest BCUT2D eigenvalue weighted by Gasteiger charge is -2.11. The van der Waals surface area contributed by atoms with Crippen LogP contribution in [0.25, 0.3) is 0 Å². The maximum atomic E-state index is 10.8. The van der Waals surface area contributed by atoms with Gasteiger partial charge in [-0.3, -0.25) is 0 Å². The highest BCUT2D eigenvalue weighted by Gasteiger charge is 2.22. The van der Waals surface area contributed by atoms with Crippen LogP contribution >= 0.6 is 34.8 Å². The summed E-state index contributed by atoms with van der Waals surface area (Å²) >= 11 is 15.9. The van der Waals surface area contributed by atoms with Gasteiger partial charge in [-0.05, 0) is 6.42 Å². The number of amides is 1. The number of nitrogens with one attached hydrogen (secondary N) is 1. The van der Waals surface area contributed by atoms with Crippen LogP contribution < -0.4 is 5.48 Å². The molecule has 0 atom stereocenters. The number of carbonyl (C=O) groups is 2. The molecular weight excluding hydrogens is 268 g/mol. The maximum Gasteiger partial charge on any atom is 0.440 e. The summed E-state index contributed by atoms with van der Waals surface area (Å²) in [6, 6.07) is 0. The third-order valence-corrected chi connectivity index (χ3v) is 1.40. The smallest absolute Gasteiger partial charge is 0.440 e. The minimum Gasteiger partial charge on any atom is -0.443 e. The first-order valence-corrected chi connectivity index (χ1v) is 5.17. The third-order valence-electron chi connectivity index (χ3n) is 1.07. The van der Waals surface area contributed by atoms with Crippen LogP contribution in [0.15, 0.2) is 0 Å². The molecule has 0 heterocycles. The Balaban J connectivity index is 3.62. The lowest BCUT2D eigenvalue weighted by atomic mass is 10.3. The SMILES string of the molecule is CCCC(=O)ONC(=O)OCC(Cl)(Cl)Cl. The zero-order chi connectivity index (χ0) is 11.9. The van der Waals surface area contributed by atoms with Gasteiger partial charge in [-0.2, -0.15) is 0 Å². The number of hydrogen-bond donors (Lipinski definition) is 1. The zero-order valence-electron chi connectivity index (χ0n) is 7.89. The Kier molecular flexibility index (Phi) is 6.80. The fourth-order valence-electron chi connectivity index (χ4n) is 0.531. The highest BCUT2D eigenvalue weighted by molar-refractivity contribution is 6.67. The summed E-state index contributed by atoms with van der Waals surface area (Å²) in [4.78, 5) is 25.9. The van der Waals surface area contributed by atoms with Gasteiger partial charge in [-0.1, -0.05) is 41.7 Å². The van der Waals surface area contributed by atoms with Crippen molar-refractivity contribution in [3.63, 3.8) is 0 Å². The number of carbonyl (C=O) groups excluding carboxylic acids is 2. The standard InChI is InChI=1S/C7H10Cl3NO4/c1-2-3-5(12)15-11-6(13)14-4-7(8,9)10/h2-4H2,1H3,(H,11,13). The minimum atomic E-state index is -1.69. The summed E-state index contributed by atoms with van der Waals surface area (Å²) in [5, 5.41) is 0. The van der Waals surface area contributed by atoms with E-state index < -0.39 is 22.5 Å². The molecule has 0 rings (SSSR count). The van der Waals surface area contributed by atoms with Crippen molar-refractivity contribution in [3.8, 4) is 0 Å². The summed E-state index contributed by atoms with van der Waals surface area (Å²) in [5.41, 5.74) is 1.75. The summed E-state index contributed by atoms with van der Waals surface area (Å²) in [6.07, 6.45) is -0.181. The molecule has 0 saturated carbocycles. The molecule has 0 aromatic heterocycles. The minimum absolute atomic E-state index is 0.199. The predicted molar refractivity (Wildman–Crippen MR) is 55.8 cm³/mol. The van der Waals surface area contributed by atoms with E-state index in [2.05, 4.69) is 9.57 Å². The second-order valence-electron chi connectivity index (χ2n) is 2.52. The van der Waals surface area contributed by atoms with Crippen molar-refractivity contribution >= 4 is 46.9 Å².